The maximum atomic E-state index is 13.7. The Kier molecular flexibility index (Phi) is 9.24. The summed E-state index contributed by atoms with van der Waals surface area (Å²) in [5.41, 5.74) is 8.77. The van der Waals surface area contributed by atoms with E-state index in [-0.39, 0.29) is 24.7 Å². The van der Waals surface area contributed by atoms with E-state index in [0.717, 1.165) is 16.3 Å². The van der Waals surface area contributed by atoms with Crippen LogP contribution >= 0.6 is 0 Å². The van der Waals surface area contributed by atoms with Gasteiger partial charge in [-0.05, 0) is 34.4 Å². The van der Waals surface area contributed by atoms with Crippen molar-refractivity contribution in [2.24, 2.45) is 11.1 Å². The van der Waals surface area contributed by atoms with E-state index >= 15 is 0 Å². The number of nitrogens with zero attached hydrogens (tertiary/aromatic N) is 3. The summed E-state index contributed by atoms with van der Waals surface area (Å²) in [6.45, 7) is 3.81. The first-order chi connectivity index (χ1) is 20.1. The zero-order chi connectivity index (χ0) is 30.3. The molecule has 11 heteroatoms. The molecule has 3 N–H and O–H groups in total. The number of Topliss-reactive ketones (excluding diaryl/α,β-unsaturated/α-hetero) is 1. The molecule has 0 saturated carbocycles. The van der Waals surface area contributed by atoms with Crippen LogP contribution in [-0.2, 0) is 25.6 Å². The number of ketones is 1. The second-order valence-electron chi connectivity index (χ2n) is 10.5. The van der Waals surface area contributed by atoms with E-state index in [4.69, 9.17) is 10.4 Å². The first-order valence-electron chi connectivity index (χ1n) is 13.4. The van der Waals surface area contributed by atoms with Crippen LogP contribution in [-0.4, -0.2) is 63.1 Å². The molecule has 0 spiro atoms. The maximum absolute atomic E-state index is 13.7. The summed E-state index contributed by atoms with van der Waals surface area (Å²) < 4.78 is 0. The molecule has 1 aliphatic heterocycles. The number of hydrogen-bond acceptors (Lipinski definition) is 6. The summed E-state index contributed by atoms with van der Waals surface area (Å²) in [6, 6.07) is 20.0. The van der Waals surface area contributed by atoms with Crippen molar-refractivity contribution in [3.8, 4) is 0 Å². The lowest BCUT2D eigenvalue weighted by Gasteiger charge is -2.28. The molecule has 2 amide bonds. The molecule has 216 valence electrons. The lowest BCUT2D eigenvalue weighted by Crippen LogP contribution is -2.55. The normalized spacial score (nSPS) is 17.4. The fourth-order valence-electron chi connectivity index (χ4n) is 4.92. The van der Waals surface area contributed by atoms with E-state index in [1.165, 1.54) is 0 Å². The van der Waals surface area contributed by atoms with E-state index < -0.39 is 41.8 Å². The Morgan fingerprint density at radius 3 is 2.38 bits per heavy atom. The van der Waals surface area contributed by atoms with Gasteiger partial charge in [-0.15, -0.1) is 0 Å². The molecular formula is C31H31N5O6. The van der Waals surface area contributed by atoms with E-state index in [0.29, 0.717) is 17.5 Å². The maximum Gasteiger partial charge on any atom is 0.325 e. The lowest BCUT2D eigenvalue weighted by atomic mass is 9.84. The molecule has 4 rings (SSSR count). The number of carboxylic acid groups (broad SMARTS) is 1. The number of carboxylic acids is 1. The van der Waals surface area contributed by atoms with Crippen molar-refractivity contribution in [3.63, 3.8) is 0 Å². The highest BCUT2D eigenvalue weighted by Crippen LogP contribution is 2.31. The van der Waals surface area contributed by atoms with Crippen LogP contribution in [0.4, 0.5) is 0 Å². The average Bonchev–Trinajstić information content (AvgIpc) is 3.40. The summed E-state index contributed by atoms with van der Waals surface area (Å²) in [7, 11) is 0. The largest absolute Gasteiger partial charge is 0.481 e. The van der Waals surface area contributed by atoms with Crippen LogP contribution in [0.15, 0.2) is 78.0 Å². The fraction of sp³-hybridized carbons (Fsp3) is 0.290. The SMILES string of the molecule is CC(C)C(NC(=O)c1ccc2ccccc2c1)C1=NOC(Cc2ccccc2)(C(=O)N[C@@H](CC(=O)O)C(=O)C=[N+]=[N-])C1. The van der Waals surface area contributed by atoms with Crippen LogP contribution in [0.1, 0.15) is 42.6 Å². The van der Waals surface area contributed by atoms with Crippen molar-refractivity contribution in [3.05, 3.63) is 89.5 Å². The van der Waals surface area contributed by atoms with Gasteiger partial charge >= 0.3 is 12.2 Å². The predicted molar refractivity (Wildman–Crippen MR) is 155 cm³/mol. The number of aliphatic carboxylic acids is 1. The Labute approximate surface area is 242 Å². The smallest absolute Gasteiger partial charge is 0.325 e. The van der Waals surface area contributed by atoms with Crippen molar-refractivity contribution in [2.45, 2.75) is 50.8 Å². The minimum absolute atomic E-state index is 0.0311. The summed E-state index contributed by atoms with van der Waals surface area (Å²) in [5.74, 6) is -3.45. The molecular weight excluding hydrogens is 538 g/mol. The Morgan fingerprint density at radius 1 is 1.02 bits per heavy atom. The summed E-state index contributed by atoms with van der Waals surface area (Å²) >= 11 is 0. The predicted octanol–water partition coefficient (Wildman–Crippen LogP) is 3.18. The molecule has 0 bridgehead atoms. The van der Waals surface area contributed by atoms with Crippen molar-refractivity contribution in [1.29, 1.82) is 0 Å². The van der Waals surface area contributed by atoms with Crippen LogP contribution < -0.4 is 10.6 Å². The Hall–Kier alpha value is -5.15. The van der Waals surface area contributed by atoms with E-state index in [1.807, 2.05) is 50.2 Å². The molecule has 3 aromatic carbocycles. The van der Waals surface area contributed by atoms with Gasteiger partial charge in [0, 0.05) is 18.4 Å². The highest BCUT2D eigenvalue weighted by molar-refractivity contribution is 6.28. The van der Waals surface area contributed by atoms with Crippen molar-refractivity contribution < 1.29 is 33.9 Å². The Balaban J connectivity index is 1.60. The van der Waals surface area contributed by atoms with Gasteiger partial charge in [-0.2, -0.15) is 4.79 Å². The molecule has 11 nitrogen and oxygen atoms in total. The number of benzene rings is 3. The van der Waals surface area contributed by atoms with E-state index in [9.17, 15) is 24.3 Å². The monoisotopic (exact) mass is 569 g/mol. The number of hydrogen-bond donors (Lipinski definition) is 3. The van der Waals surface area contributed by atoms with Crippen LogP contribution in [0, 0.1) is 5.92 Å². The third-order valence-electron chi connectivity index (χ3n) is 7.09. The fourth-order valence-corrected chi connectivity index (χ4v) is 4.92. The number of amides is 2. The molecule has 0 aliphatic carbocycles. The summed E-state index contributed by atoms with van der Waals surface area (Å²) in [4.78, 5) is 59.3. The van der Waals surface area contributed by atoms with Gasteiger partial charge in [0.1, 0.15) is 6.04 Å². The molecule has 42 heavy (non-hydrogen) atoms. The first kappa shape index (κ1) is 29.8. The minimum Gasteiger partial charge on any atom is -0.481 e. The lowest BCUT2D eigenvalue weighted by molar-refractivity contribution is -0.147. The van der Waals surface area contributed by atoms with Crippen LogP contribution in [0.2, 0.25) is 0 Å². The number of rotatable bonds is 12. The van der Waals surface area contributed by atoms with Crippen LogP contribution in [0.5, 0.6) is 0 Å². The zero-order valence-electron chi connectivity index (χ0n) is 23.2. The van der Waals surface area contributed by atoms with Crippen LogP contribution in [0.3, 0.4) is 0 Å². The quantitative estimate of drug-likeness (QED) is 0.172. The van der Waals surface area contributed by atoms with E-state index in [1.54, 1.807) is 36.4 Å². The van der Waals surface area contributed by atoms with Gasteiger partial charge in [-0.3, -0.25) is 19.2 Å². The molecule has 3 atom stereocenters. The topological polar surface area (TPSA) is 171 Å². The first-order valence-corrected chi connectivity index (χ1v) is 13.4. The Morgan fingerprint density at radius 2 is 1.71 bits per heavy atom. The standard InChI is InChI=1S/C31H31N5O6/c1-19(2)28(35-29(40)23-13-12-21-10-6-7-11-22(21)14-23)25-17-31(42-36-25,16-20-8-4-3-5-9-20)30(41)34-24(15-27(38)39)26(37)18-33-32/h3-14,18-19,24,28H,15-17H2,1-2H3,(H,34,41)(H,35,40)(H,38,39)/t24-,28?,31?/m0/s1. The molecule has 0 radical (unpaired) electrons. The zero-order valence-corrected chi connectivity index (χ0v) is 23.2. The molecule has 0 saturated heterocycles. The third-order valence-corrected chi connectivity index (χ3v) is 7.09. The number of carbonyl (C=O) groups is 4. The van der Waals surface area contributed by atoms with Gasteiger partial charge in [-0.1, -0.05) is 79.7 Å². The van der Waals surface area contributed by atoms with Gasteiger partial charge < -0.3 is 26.1 Å². The number of nitrogens with one attached hydrogen (secondary N) is 2. The average molecular weight is 570 g/mol. The van der Waals surface area contributed by atoms with E-state index in [2.05, 4.69) is 20.6 Å². The highest BCUT2D eigenvalue weighted by atomic mass is 16.7. The minimum atomic E-state index is -1.63. The van der Waals surface area contributed by atoms with Crippen molar-refractivity contribution >= 4 is 46.3 Å². The molecule has 2 unspecified atom stereocenters. The second-order valence-corrected chi connectivity index (χ2v) is 10.5. The number of oxime groups is 1. The molecule has 0 aromatic heterocycles. The summed E-state index contributed by atoms with van der Waals surface area (Å²) in [5, 5.41) is 20.9. The number of fused-ring (bicyclic) bond motifs is 1. The molecule has 1 heterocycles. The van der Waals surface area contributed by atoms with Gasteiger partial charge in [0.2, 0.25) is 5.60 Å². The van der Waals surface area contributed by atoms with Crippen LogP contribution in [0.25, 0.3) is 16.3 Å². The van der Waals surface area contributed by atoms with Crippen molar-refractivity contribution in [2.75, 3.05) is 0 Å². The van der Waals surface area contributed by atoms with Gasteiger partial charge in [0.05, 0.1) is 18.2 Å². The van der Waals surface area contributed by atoms with Gasteiger partial charge in [-0.25, -0.2) is 0 Å². The third kappa shape index (κ3) is 6.94. The Bertz CT molecular complexity index is 1580. The molecule has 3 aromatic rings. The van der Waals surface area contributed by atoms with Gasteiger partial charge in [0.25, 0.3) is 17.6 Å². The number of carbonyl (C=O) groups excluding carboxylic acids is 3. The van der Waals surface area contributed by atoms with Gasteiger partial charge in [0.15, 0.2) is 0 Å². The highest BCUT2D eigenvalue weighted by Gasteiger charge is 2.49. The van der Waals surface area contributed by atoms with Crippen molar-refractivity contribution in [1.82, 2.24) is 10.6 Å². The molecule has 0 fully saturated rings. The summed E-state index contributed by atoms with van der Waals surface area (Å²) in [6.07, 6.45) is -0.177. The second kappa shape index (κ2) is 13.0. The molecule has 1 aliphatic rings.